The van der Waals surface area contributed by atoms with E-state index < -0.39 is 11.9 Å². The number of aliphatic carboxylic acids is 2. The van der Waals surface area contributed by atoms with Crippen LogP contribution in [0.2, 0.25) is 0 Å². The molecule has 0 unspecified atom stereocenters. The van der Waals surface area contributed by atoms with E-state index in [4.69, 9.17) is 10.2 Å². The van der Waals surface area contributed by atoms with E-state index in [1.165, 1.54) is 0 Å². The third-order valence-corrected chi connectivity index (χ3v) is 4.40. The number of nitrogens with one attached hydrogen (secondary N) is 1. The van der Waals surface area contributed by atoms with E-state index in [0.29, 0.717) is 37.2 Å². The van der Waals surface area contributed by atoms with Gasteiger partial charge in [-0.1, -0.05) is 12.8 Å². The predicted octanol–water partition coefficient (Wildman–Crippen LogP) is 2.47. The van der Waals surface area contributed by atoms with Gasteiger partial charge in [-0.2, -0.15) is 15.0 Å². The lowest BCUT2D eigenvalue weighted by Crippen LogP contribution is -2.26. The summed E-state index contributed by atoms with van der Waals surface area (Å²) in [6, 6.07) is 0. The third kappa shape index (κ3) is 10.5. The van der Waals surface area contributed by atoms with E-state index in [2.05, 4.69) is 20.3 Å². The van der Waals surface area contributed by atoms with Crippen molar-refractivity contribution in [1.29, 1.82) is 0 Å². The quantitative estimate of drug-likeness (QED) is 0.349. The first-order valence-electron chi connectivity index (χ1n) is 10.2. The van der Waals surface area contributed by atoms with Crippen molar-refractivity contribution < 1.29 is 19.8 Å². The molecule has 0 aliphatic heterocycles. The molecule has 1 aromatic heterocycles. The van der Waals surface area contributed by atoms with Crippen LogP contribution in [0, 0.1) is 0 Å². The standard InChI is InChI=1S/C19H34N6O4/c1-4-20-17-21-18(24(2)13-9-5-7-11-15(26)27)23-19(22-17)25(3)14-10-6-8-12-16(28)29/h4-14H2,1-3H3,(H,26,27)(H,28,29)(H,20,21,22,23). The molecule has 0 bridgehead atoms. The SMILES string of the molecule is CCNc1nc(N(C)CCCCCC(=O)O)nc(N(C)CCCCCC(=O)O)n1. The van der Waals surface area contributed by atoms with E-state index in [9.17, 15) is 9.59 Å². The van der Waals surface area contributed by atoms with Gasteiger partial charge in [-0.25, -0.2) is 0 Å². The second kappa shape index (κ2) is 13.5. The van der Waals surface area contributed by atoms with E-state index in [0.717, 1.165) is 38.8 Å². The van der Waals surface area contributed by atoms with Crippen LogP contribution >= 0.6 is 0 Å². The lowest BCUT2D eigenvalue weighted by Gasteiger charge is -2.22. The topological polar surface area (TPSA) is 132 Å². The van der Waals surface area contributed by atoms with Crippen molar-refractivity contribution in [3.63, 3.8) is 0 Å². The van der Waals surface area contributed by atoms with E-state index in [1.54, 1.807) is 0 Å². The van der Waals surface area contributed by atoms with Gasteiger partial charge in [0.2, 0.25) is 17.8 Å². The molecule has 0 atom stereocenters. The number of aromatic nitrogens is 3. The summed E-state index contributed by atoms with van der Waals surface area (Å²) in [5.74, 6) is 0.135. The van der Waals surface area contributed by atoms with Gasteiger partial charge in [0, 0.05) is 46.6 Å². The Bertz CT molecular complexity index is 595. The maximum atomic E-state index is 10.6. The number of hydrogen-bond donors (Lipinski definition) is 3. The monoisotopic (exact) mass is 410 g/mol. The van der Waals surface area contributed by atoms with Crippen LogP contribution in [0.1, 0.15) is 58.3 Å². The first-order chi connectivity index (χ1) is 13.8. The van der Waals surface area contributed by atoms with Gasteiger partial charge < -0.3 is 25.3 Å². The normalized spacial score (nSPS) is 10.6. The molecule has 1 heterocycles. The van der Waals surface area contributed by atoms with Gasteiger partial charge in [-0.15, -0.1) is 0 Å². The van der Waals surface area contributed by atoms with Crippen LogP contribution in [0.25, 0.3) is 0 Å². The highest BCUT2D eigenvalue weighted by Crippen LogP contribution is 2.16. The van der Waals surface area contributed by atoms with Crippen molar-refractivity contribution in [3.8, 4) is 0 Å². The largest absolute Gasteiger partial charge is 0.481 e. The average molecular weight is 411 g/mol. The Hall–Kier alpha value is -2.65. The summed E-state index contributed by atoms with van der Waals surface area (Å²) in [5, 5.41) is 20.5. The summed E-state index contributed by atoms with van der Waals surface area (Å²) in [6.45, 7) is 4.13. The van der Waals surface area contributed by atoms with Gasteiger partial charge in [0.25, 0.3) is 0 Å². The number of nitrogens with zero attached hydrogens (tertiary/aromatic N) is 5. The van der Waals surface area contributed by atoms with Gasteiger partial charge in [0.1, 0.15) is 0 Å². The molecule has 164 valence electrons. The smallest absolute Gasteiger partial charge is 0.303 e. The van der Waals surface area contributed by atoms with Crippen LogP contribution in [-0.4, -0.2) is 70.8 Å². The van der Waals surface area contributed by atoms with Crippen LogP contribution in [0.4, 0.5) is 17.8 Å². The molecule has 29 heavy (non-hydrogen) atoms. The van der Waals surface area contributed by atoms with Gasteiger partial charge in [-0.3, -0.25) is 9.59 Å². The summed E-state index contributed by atoms with van der Waals surface area (Å²) in [5.41, 5.74) is 0. The summed E-state index contributed by atoms with van der Waals surface area (Å²) in [7, 11) is 3.83. The van der Waals surface area contributed by atoms with Crippen molar-refractivity contribution in [2.75, 3.05) is 48.8 Å². The predicted molar refractivity (Wildman–Crippen MR) is 113 cm³/mol. The van der Waals surface area contributed by atoms with E-state index in [1.807, 2.05) is 30.8 Å². The molecule has 1 rings (SSSR count). The highest BCUT2D eigenvalue weighted by Gasteiger charge is 2.13. The molecule has 0 amide bonds. The molecule has 0 saturated carbocycles. The Kier molecular flexibility index (Phi) is 11.4. The zero-order valence-electron chi connectivity index (χ0n) is 17.7. The van der Waals surface area contributed by atoms with Crippen LogP contribution < -0.4 is 15.1 Å². The summed E-state index contributed by atoms with van der Waals surface area (Å²) < 4.78 is 0. The Morgan fingerprint density at radius 2 is 1.24 bits per heavy atom. The Balaban J connectivity index is 2.64. The number of carboxylic acid groups (broad SMARTS) is 2. The van der Waals surface area contributed by atoms with Crippen LogP contribution in [0.5, 0.6) is 0 Å². The molecule has 1 aromatic rings. The van der Waals surface area contributed by atoms with E-state index in [-0.39, 0.29) is 12.8 Å². The minimum absolute atomic E-state index is 0.196. The van der Waals surface area contributed by atoms with Gasteiger partial charge in [-0.05, 0) is 32.6 Å². The Morgan fingerprint density at radius 1 is 0.793 bits per heavy atom. The molecule has 0 fully saturated rings. The first-order valence-corrected chi connectivity index (χ1v) is 10.2. The molecule has 0 aliphatic rings. The molecule has 10 heteroatoms. The minimum Gasteiger partial charge on any atom is -0.481 e. The Labute approximate surface area is 172 Å². The van der Waals surface area contributed by atoms with Gasteiger partial charge in [0.15, 0.2) is 0 Å². The zero-order valence-corrected chi connectivity index (χ0v) is 17.7. The maximum Gasteiger partial charge on any atom is 0.303 e. The van der Waals surface area contributed by atoms with Gasteiger partial charge in [0.05, 0.1) is 0 Å². The molecular formula is C19H34N6O4. The maximum absolute atomic E-state index is 10.6. The molecule has 0 aliphatic carbocycles. The fraction of sp³-hybridized carbons (Fsp3) is 0.737. The second-order valence-corrected chi connectivity index (χ2v) is 7.04. The van der Waals surface area contributed by atoms with Crippen molar-refractivity contribution in [3.05, 3.63) is 0 Å². The number of hydrogen-bond acceptors (Lipinski definition) is 8. The van der Waals surface area contributed by atoms with Crippen LogP contribution in [-0.2, 0) is 9.59 Å². The van der Waals surface area contributed by atoms with Gasteiger partial charge >= 0.3 is 11.9 Å². The first kappa shape index (κ1) is 24.4. The van der Waals surface area contributed by atoms with Crippen molar-refractivity contribution in [1.82, 2.24) is 15.0 Å². The molecular weight excluding hydrogens is 376 g/mol. The van der Waals surface area contributed by atoms with Crippen LogP contribution in [0.15, 0.2) is 0 Å². The molecule has 0 saturated heterocycles. The number of anilines is 3. The number of unbranched alkanes of at least 4 members (excludes halogenated alkanes) is 4. The highest BCUT2D eigenvalue weighted by molar-refractivity contribution is 5.66. The van der Waals surface area contributed by atoms with Crippen LogP contribution in [0.3, 0.4) is 0 Å². The molecule has 0 aromatic carbocycles. The molecule has 10 nitrogen and oxygen atoms in total. The summed E-state index contributed by atoms with van der Waals surface area (Å²) >= 11 is 0. The Morgan fingerprint density at radius 3 is 1.62 bits per heavy atom. The minimum atomic E-state index is -0.762. The zero-order chi connectivity index (χ0) is 21.6. The van der Waals surface area contributed by atoms with Crippen molar-refractivity contribution >= 4 is 29.8 Å². The fourth-order valence-corrected chi connectivity index (χ4v) is 2.74. The highest BCUT2D eigenvalue weighted by atomic mass is 16.4. The molecule has 0 radical (unpaired) electrons. The summed E-state index contributed by atoms with van der Waals surface area (Å²) in [6.07, 6.45) is 5.12. The number of carboxylic acids is 2. The van der Waals surface area contributed by atoms with Crippen molar-refractivity contribution in [2.24, 2.45) is 0 Å². The van der Waals surface area contributed by atoms with E-state index >= 15 is 0 Å². The average Bonchev–Trinajstić information content (AvgIpc) is 2.66. The number of rotatable bonds is 16. The van der Waals surface area contributed by atoms with Crippen molar-refractivity contribution in [2.45, 2.75) is 58.3 Å². The molecule has 3 N–H and O–H groups in total. The summed E-state index contributed by atoms with van der Waals surface area (Å²) in [4.78, 5) is 38.6. The fourth-order valence-electron chi connectivity index (χ4n) is 2.74. The lowest BCUT2D eigenvalue weighted by atomic mass is 10.2. The third-order valence-electron chi connectivity index (χ3n) is 4.40. The molecule has 0 spiro atoms. The lowest BCUT2D eigenvalue weighted by molar-refractivity contribution is -0.138. The second-order valence-electron chi connectivity index (χ2n) is 7.04. The number of carbonyl (C=O) groups is 2.